The molecule has 0 spiro atoms. The van der Waals surface area contributed by atoms with Gasteiger partial charge < -0.3 is 11.5 Å². The molecule has 6 nitrogen and oxygen atoms in total. The maximum Gasteiger partial charge on any atom is 0.243 e. The number of carbonyl (C=O) groups is 1. The third-order valence-electron chi connectivity index (χ3n) is 2.70. The van der Waals surface area contributed by atoms with E-state index in [0.717, 1.165) is 10.7 Å². The lowest BCUT2D eigenvalue weighted by Crippen LogP contribution is -2.39. The van der Waals surface area contributed by atoms with Gasteiger partial charge in [-0.3, -0.25) is 4.79 Å². The van der Waals surface area contributed by atoms with Gasteiger partial charge in [0.1, 0.15) is 0 Å². The molecule has 0 saturated heterocycles. The van der Waals surface area contributed by atoms with Crippen molar-refractivity contribution in [3.05, 3.63) is 22.7 Å². The highest BCUT2D eigenvalue weighted by molar-refractivity contribution is 9.10. The highest BCUT2D eigenvalue weighted by Gasteiger charge is 2.25. The molecule has 1 amide bonds. The van der Waals surface area contributed by atoms with Crippen LogP contribution in [0.4, 0.5) is 5.69 Å². The fourth-order valence-corrected chi connectivity index (χ4v) is 3.61. The molecule has 1 aromatic carbocycles. The van der Waals surface area contributed by atoms with Gasteiger partial charge in [-0.05, 0) is 40.5 Å². The van der Waals surface area contributed by atoms with Gasteiger partial charge in [-0.1, -0.05) is 13.3 Å². The Kier molecular flexibility index (Phi) is 5.97. The number of unbranched alkanes of at least 4 members (excludes halogenated alkanes) is 1. The quantitative estimate of drug-likeness (QED) is 0.712. The van der Waals surface area contributed by atoms with Gasteiger partial charge in [0.05, 0.1) is 11.4 Å². The van der Waals surface area contributed by atoms with E-state index >= 15 is 0 Å². The van der Waals surface area contributed by atoms with E-state index in [9.17, 15) is 13.2 Å². The summed E-state index contributed by atoms with van der Waals surface area (Å²) in [5, 5.41) is 0. The smallest absolute Gasteiger partial charge is 0.243 e. The van der Waals surface area contributed by atoms with Crippen molar-refractivity contribution in [1.82, 2.24) is 4.31 Å². The fourth-order valence-electron chi connectivity index (χ4n) is 1.61. The number of nitrogen functional groups attached to an aromatic ring is 1. The number of halogens is 1. The zero-order chi connectivity index (χ0) is 15.3. The Hall–Kier alpha value is -1.12. The third-order valence-corrected chi connectivity index (χ3v) is 5.23. The SMILES string of the molecule is CCCCN(CC(N)=O)S(=O)(=O)c1ccc(N)c(Br)c1. The molecule has 0 aliphatic rings. The van der Waals surface area contributed by atoms with Crippen LogP contribution in [-0.4, -0.2) is 31.7 Å². The Morgan fingerprint density at radius 1 is 1.40 bits per heavy atom. The summed E-state index contributed by atoms with van der Waals surface area (Å²) < 4.78 is 26.6. The molecule has 0 aliphatic heterocycles. The normalized spacial score (nSPS) is 11.8. The largest absolute Gasteiger partial charge is 0.398 e. The van der Waals surface area contributed by atoms with E-state index in [2.05, 4.69) is 15.9 Å². The van der Waals surface area contributed by atoms with E-state index < -0.39 is 15.9 Å². The summed E-state index contributed by atoms with van der Waals surface area (Å²) in [6, 6.07) is 4.33. The number of hydrogen-bond acceptors (Lipinski definition) is 4. The first-order chi connectivity index (χ1) is 9.28. The first-order valence-electron chi connectivity index (χ1n) is 6.12. The number of carbonyl (C=O) groups excluding carboxylic acids is 1. The van der Waals surface area contributed by atoms with E-state index in [0.29, 0.717) is 16.6 Å². The molecular formula is C12H18BrN3O3S. The third kappa shape index (κ3) is 4.19. The van der Waals surface area contributed by atoms with Gasteiger partial charge in [-0.25, -0.2) is 8.42 Å². The number of benzene rings is 1. The van der Waals surface area contributed by atoms with Gasteiger partial charge >= 0.3 is 0 Å². The molecule has 1 rings (SSSR count). The van der Waals surface area contributed by atoms with Crippen molar-refractivity contribution in [1.29, 1.82) is 0 Å². The number of primary amides is 1. The summed E-state index contributed by atoms with van der Waals surface area (Å²) in [5.74, 6) is -0.681. The molecule has 0 heterocycles. The van der Waals surface area contributed by atoms with Crippen LogP contribution >= 0.6 is 15.9 Å². The average Bonchev–Trinajstić information content (AvgIpc) is 2.37. The Bertz CT molecular complexity index is 590. The van der Waals surface area contributed by atoms with Gasteiger partial charge in [0.2, 0.25) is 15.9 Å². The highest BCUT2D eigenvalue weighted by Crippen LogP contribution is 2.25. The maximum atomic E-state index is 12.5. The number of nitrogens with zero attached hydrogens (tertiary/aromatic N) is 1. The van der Waals surface area contributed by atoms with Crippen LogP contribution in [0, 0.1) is 0 Å². The standard InChI is InChI=1S/C12H18BrN3O3S/c1-2-3-6-16(8-12(15)17)20(18,19)9-4-5-11(14)10(13)7-9/h4-5,7H,2-3,6,8,14H2,1H3,(H2,15,17). The summed E-state index contributed by atoms with van der Waals surface area (Å²) in [6.07, 6.45) is 1.47. The van der Waals surface area contributed by atoms with Crippen molar-refractivity contribution in [2.45, 2.75) is 24.7 Å². The first kappa shape index (κ1) is 16.9. The van der Waals surface area contributed by atoms with Crippen molar-refractivity contribution in [2.75, 3.05) is 18.8 Å². The minimum absolute atomic E-state index is 0.0796. The van der Waals surface area contributed by atoms with Crippen molar-refractivity contribution >= 4 is 37.5 Å². The van der Waals surface area contributed by atoms with Crippen molar-refractivity contribution in [2.24, 2.45) is 5.73 Å². The number of sulfonamides is 1. The van der Waals surface area contributed by atoms with Crippen LogP contribution in [0.15, 0.2) is 27.6 Å². The lowest BCUT2D eigenvalue weighted by atomic mass is 10.3. The van der Waals surface area contributed by atoms with Gasteiger partial charge in [-0.2, -0.15) is 4.31 Å². The Morgan fingerprint density at radius 3 is 2.55 bits per heavy atom. The zero-order valence-electron chi connectivity index (χ0n) is 11.2. The Balaban J connectivity index is 3.13. The molecule has 0 fully saturated rings. The van der Waals surface area contributed by atoms with Crippen LogP contribution in [0.2, 0.25) is 0 Å². The van der Waals surface area contributed by atoms with E-state index in [1.54, 1.807) is 0 Å². The molecular weight excluding hydrogens is 346 g/mol. The van der Waals surface area contributed by atoms with Crippen LogP contribution in [-0.2, 0) is 14.8 Å². The second-order valence-corrected chi connectivity index (χ2v) is 7.13. The van der Waals surface area contributed by atoms with E-state index in [4.69, 9.17) is 11.5 Å². The summed E-state index contributed by atoms with van der Waals surface area (Å²) in [7, 11) is -3.76. The molecule has 0 radical (unpaired) electrons. The van der Waals surface area contributed by atoms with Crippen molar-refractivity contribution < 1.29 is 13.2 Å². The molecule has 0 aromatic heterocycles. The minimum Gasteiger partial charge on any atom is -0.398 e. The highest BCUT2D eigenvalue weighted by atomic mass is 79.9. The Morgan fingerprint density at radius 2 is 2.05 bits per heavy atom. The monoisotopic (exact) mass is 363 g/mol. The summed E-state index contributed by atoms with van der Waals surface area (Å²) in [6.45, 7) is 1.86. The molecule has 112 valence electrons. The van der Waals surface area contributed by atoms with Gasteiger partial charge in [-0.15, -0.1) is 0 Å². The molecule has 0 bridgehead atoms. The second kappa shape index (κ2) is 7.05. The van der Waals surface area contributed by atoms with Crippen LogP contribution in [0.5, 0.6) is 0 Å². The van der Waals surface area contributed by atoms with Crippen molar-refractivity contribution in [3.63, 3.8) is 0 Å². The second-order valence-electron chi connectivity index (χ2n) is 4.34. The first-order valence-corrected chi connectivity index (χ1v) is 8.35. The van der Waals surface area contributed by atoms with Gasteiger partial charge in [0.15, 0.2) is 0 Å². The zero-order valence-corrected chi connectivity index (χ0v) is 13.6. The molecule has 20 heavy (non-hydrogen) atoms. The minimum atomic E-state index is -3.76. The van der Waals surface area contributed by atoms with Crippen molar-refractivity contribution in [3.8, 4) is 0 Å². The molecule has 0 atom stereocenters. The van der Waals surface area contributed by atoms with E-state index in [1.165, 1.54) is 18.2 Å². The molecule has 8 heteroatoms. The van der Waals surface area contributed by atoms with E-state index in [1.807, 2.05) is 6.92 Å². The lowest BCUT2D eigenvalue weighted by molar-refractivity contribution is -0.118. The van der Waals surface area contributed by atoms with Gasteiger partial charge in [0.25, 0.3) is 0 Å². The molecule has 0 saturated carbocycles. The molecule has 0 unspecified atom stereocenters. The lowest BCUT2D eigenvalue weighted by Gasteiger charge is -2.20. The van der Waals surface area contributed by atoms with Crippen LogP contribution < -0.4 is 11.5 Å². The van der Waals surface area contributed by atoms with E-state index in [-0.39, 0.29) is 18.0 Å². The molecule has 1 aromatic rings. The molecule has 4 N–H and O–H groups in total. The van der Waals surface area contributed by atoms with Gasteiger partial charge in [0, 0.05) is 16.7 Å². The number of hydrogen-bond donors (Lipinski definition) is 2. The van der Waals surface area contributed by atoms with Crippen LogP contribution in [0.1, 0.15) is 19.8 Å². The summed E-state index contributed by atoms with van der Waals surface area (Å²) >= 11 is 3.19. The summed E-state index contributed by atoms with van der Waals surface area (Å²) in [4.78, 5) is 11.1. The number of rotatable bonds is 7. The number of anilines is 1. The predicted molar refractivity (Wildman–Crippen MR) is 81.4 cm³/mol. The number of amides is 1. The maximum absolute atomic E-state index is 12.5. The Labute approximate surface area is 127 Å². The molecule has 0 aliphatic carbocycles. The fraction of sp³-hybridized carbons (Fsp3) is 0.417. The number of nitrogens with two attached hydrogens (primary N) is 2. The average molecular weight is 364 g/mol. The topological polar surface area (TPSA) is 106 Å². The predicted octanol–water partition coefficient (Wildman–Crippen LogP) is 1.31. The van der Waals surface area contributed by atoms with Crippen LogP contribution in [0.25, 0.3) is 0 Å². The summed E-state index contributed by atoms with van der Waals surface area (Å²) in [5.41, 5.74) is 11.2. The van der Waals surface area contributed by atoms with Crippen LogP contribution in [0.3, 0.4) is 0 Å².